The topological polar surface area (TPSA) is 17.0 Å². The summed E-state index contributed by atoms with van der Waals surface area (Å²) >= 11 is 0. The van der Waals surface area contributed by atoms with Crippen molar-refractivity contribution in [3.05, 3.63) is 126 Å². The molecule has 5 aromatic carbocycles. The minimum absolute atomic E-state index is 1.12. The molecule has 7 rings (SSSR count). The van der Waals surface area contributed by atoms with E-state index in [0.717, 1.165) is 11.4 Å². The number of para-hydroxylation sites is 4. The molecule has 1 aliphatic heterocycles. The molecule has 0 unspecified atom stereocenters. The van der Waals surface area contributed by atoms with Crippen molar-refractivity contribution in [3.8, 4) is 16.8 Å². The Morgan fingerprint density at radius 2 is 1.26 bits per heavy atom. The fourth-order valence-electron chi connectivity index (χ4n) is 5.16. The third kappa shape index (κ3) is 2.89. The summed E-state index contributed by atoms with van der Waals surface area (Å²) in [6.45, 7) is 0. The van der Waals surface area contributed by atoms with Crippen molar-refractivity contribution in [2.45, 2.75) is 0 Å². The monoisotopic (exact) mass is 434 g/mol. The third-order valence-corrected chi connectivity index (χ3v) is 6.75. The first kappa shape index (κ1) is 19.0. The highest BCUT2D eigenvalue weighted by Gasteiger charge is 2.17. The number of benzene rings is 5. The summed E-state index contributed by atoms with van der Waals surface area (Å²) < 4.78 is 2.40. The summed E-state index contributed by atoms with van der Waals surface area (Å²) in [5, 5.41) is 6.20. The largest absolute Gasteiger partial charge is 0.355 e. The van der Waals surface area contributed by atoms with Crippen LogP contribution in [0.15, 0.2) is 115 Å². The number of anilines is 2. The highest BCUT2D eigenvalue weighted by atomic mass is 15.0. The third-order valence-electron chi connectivity index (χ3n) is 6.75. The van der Waals surface area contributed by atoms with Crippen LogP contribution in [0.1, 0.15) is 11.1 Å². The van der Waals surface area contributed by atoms with Gasteiger partial charge in [0.25, 0.3) is 0 Å². The van der Waals surface area contributed by atoms with Crippen molar-refractivity contribution in [3.63, 3.8) is 0 Å². The van der Waals surface area contributed by atoms with Crippen LogP contribution in [0.25, 0.3) is 50.8 Å². The van der Waals surface area contributed by atoms with E-state index >= 15 is 0 Å². The lowest BCUT2D eigenvalue weighted by atomic mass is 9.99. The predicted molar refractivity (Wildman–Crippen MR) is 145 cm³/mol. The Balaban J connectivity index is 1.50. The van der Waals surface area contributed by atoms with Gasteiger partial charge in [0.05, 0.1) is 11.0 Å². The maximum atomic E-state index is 3.66. The molecule has 0 bridgehead atoms. The van der Waals surface area contributed by atoms with Gasteiger partial charge in [-0.25, -0.2) is 0 Å². The lowest BCUT2D eigenvalue weighted by Crippen LogP contribution is -1.96. The second-order valence-corrected chi connectivity index (χ2v) is 8.74. The number of fused-ring (bicyclic) bond motifs is 5. The molecular weight excluding hydrogens is 412 g/mol. The molecule has 0 saturated heterocycles. The number of hydrogen-bond acceptors (Lipinski definition) is 1. The molecule has 0 fully saturated rings. The SMILES string of the molecule is C1=Cc2ccc(-c3cccc4c5ccccc5n(-c5ccccc5)c34)cc2Nc2ccccc21. The van der Waals surface area contributed by atoms with Gasteiger partial charge in [0.1, 0.15) is 0 Å². The predicted octanol–water partition coefficient (Wildman–Crippen LogP) is 8.68. The molecule has 0 saturated carbocycles. The van der Waals surface area contributed by atoms with Gasteiger partial charge in [0, 0.05) is 33.4 Å². The Morgan fingerprint density at radius 3 is 2.18 bits per heavy atom. The lowest BCUT2D eigenvalue weighted by molar-refractivity contribution is 1.18. The maximum absolute atomic E-state index is 3.66. The molecule has 2 nitrogen and oxygen atoms in total. The quantitative estimate of drug-likeness (QED) is 0.288. The highest BCUT2D eigenvalue weighted by molar-refractivity contribution is 6.14. The van der Waals surface area contributed by atoms with Crippen molar-refractivity contribution in [1.82, 2.24) is 4.57 Å². The van der Waals surface area contributed by atoms with Gasteiger partial charge in [-0.05, 0) is 47.0 Å². The molecular formula is C32H22N2. The average molecular weight is 435 g/mol. The van der Waals surface area contributed by atoms with E-state index in [2.05, 4.69) is 137 Å². The summed E-state index contributed by atoms with van der Waals surface area (Å²) in [7, 11) is 0. The zero-order valence-corrected chi connectivity index (χ0v) is 18.6. The van der Waals surface area contributed by atoms with Crippen molar-refractivity contribution < 1.29 is 0 Å². The van der Waals surface area contributed by atoms with E-state index in [1.54, 1.807) is 0 Å². The average Bonchev–Trinajstić information content (AvgIpc) is 3.12. The van der Waals surface area contributed by atoms with E-state index in [0.29, 0.717) is 0 Å². The van der Waals surface area contributed by atoms with E-state index in [9.17, 15) is 0 Å². The van der Waals surface area contributed by atoms with Crippen LogP contribution in [0.2, 0.25) is 0 Å². The Kier molecular flexibility index (Phi) is 4.18. The summed E-state index contributed by atoms with van der Waals surface area (Å²) in [4.78, 5) is 0. The number of rotatable bonds is 2. The molecule has 6 aromatic rings. The molecule has 0 spiro atoms. The van der Waals surface area contributed by atoms with Crippen LogP contribution >= 0.6 is 0 Å². The van der Waals surface area contributed by atoms with Crippen LogP contribution in [0, 0.1) is 0 Å². The van der Waals surface area contributed by atoms with Gasteiger partial charge in [-0.2, -0.15) is 0 Å². The van der Waals surface area contributed by atoms with Crippen LogP contribution in [-0.4, -0.2) is 4.57 Å². The molecule has 2 heterocycles. The van der Waals surface area contributed by atoms with E-state index < -0.39 is 0 Å². The number of hydrogen-bond donors (Lipinski definition) is 1. The van der Waals surface area contributed by atoms with Crippen LogP contribution < -0.4 is 5.32 Å². The van der Waals surface area contributed by atoms with Crippen LogP contribution in [0.5, 0.6) is 0 Å². The molecule has 0 aliphatic carbocycles. The van der Waals surface area contributed by atoms with E-state index in [1.807, 2.05) is 0 Å². The van der Waals surface area contributed by atoms with Gasteiger partial charge in [0.2, 0.25) is 0 Å². The smallest absolute Gasteiger partial charge is 0.0619 e. The number of aromatic nitrogens is 1. The molecule has 1 aromatic heterocycles. The molecule has 1 N–H and O–H groups in total. The van der Waals surface area contributed by atoms with Crippen LogP contribution in [-0.2, 0) is 0 Å². The minimum Gasteiger partial charge on any atom is -0.355 e. The Morgan fingerprint density at radius 1 is 0.529 bits per heavy atom. The van der Waals surface area contributed by atoms with Gasteiger partial charge in [-0.15, -0.1) is 0 Å². The van der Waals surface area contributed by atoms with E-state index in [-0.39, 0.29) is 0 Å². The first-order valence-corrected chi connectivity index (χ1v) is 11.6. The van der Waals surface area contributed by atoms with Gasteiger partial charge < -0.3 is 9.88 Å². The van der Waals surface area contributed by atoms with Crippen molar-refractivity contribution in [1.29, 1.82) is 0 Å². The fourth-order valence-corrected chi connectivity index (χ4v) is 5.16. The molecule has 0 amide bonds. The molecule has 2 heteroatoms. The molecule has 0 atom stereocenters. The number of nitrogens with zero attached hydrogens (tertiary/aromatic N) is 1. The second kappa shape index (κ2) is 7.50. The summed E-state index contributed by atoms with van der Waals surface area (Å²) in [5.74, 6) is 0. The van der Waals surface area contributed by atoms with E-state index in [1.165, 1.54) is 49.7 Å². The summed E-state index contributed by atoms with van der Waals surface area (Å²) in [5.41, 5.74) is 10.7. The van der Waals surface area contributed by atoms with Gasteiger partial charge >= 0.3 is 0 Å². The van der Waals surface area contributed by atoms with Crippen molar-refractivity contribution in [2.75, 3.05) is 5.32 Å². The van der Waals surface area contributed by atoms with Gasteiger partial charge in [0.15, 0.2) is 0 Å². The first-order chi connectivity index (χ1) is 16.9. The first-order valence-electron chi connectivity index (χ1n) is 11.6. The summed E-state index contributed by atoms with van der Waals surface area (Å²) in [6.07, 6.45) is 4.38. The number of nitrogens with one attached hydrogen (secondary N) is 1. The molecule has 0 radical (unpaired) electrons. The van der Waals surface area contributed by atoms with Gasteiger partial charge in [-0.1, -0.05) is 97.1 Å². The Bertz CT molecular complexity index is 1720. The van der Waals surface area contributed by atoms with Crippen molar-refractivity contribution >= 4 is 45.3 Å². The minimum atomic E-state index is 1.12. The normalized spacial score (nSPS) is 12.2. The Labute approximate surface area is 198 Å². The van der Waals surface area contributed by atoms with Crippen LogP contribution in [0.4, 0.5) is 11.4 Å². The highest BCUT2D eigenvalue weighted by Crippen LogP contribution is 2.40. The molecule has 160 valence electrons. The second-order valence-electron chi connectivity index (χ2n) is 8.74. The van der Waals surface area contributed by atoms with Crippen molar-refractivity contribution in [2.24, 2.45) is 0 Å². The zero-order chi connectivity index (χ0) is 22.5. The lowest BCUT2D eigenvalue weighted by Gasteiger charge is -2.14. The standard InChI is InChI=1S/C32H22N2/c1-2-10-25(11-3-1)34-31-16-7-5-12-27(31)28-14-8-13-26(32(28)34)24-20-19-23-18-17-22-9-4-6-15-29(22)33-30(23)21-24/h1-21,33H. The fraction of sp³-hybridized carbons (Fsp3) is 0. The Hall–Kier alpha value is -4.56. The molecule has 34 heavy (non-hydrogen) atoms. The van der Waals surface area contributed by atoms with E-state index in [4.69, 9.17) is 0 Å². The molecule has 1 aliphatic rings. The zero-order valence-electron chi connectivity index (χ0n) is 18.6. The van der Waals surface area contributed by atoms with Crippen LogP contribution in [0.3, 0.4) is 0 Å². The summed E-state index contributed by atoms with van der Waals surface area (Å²) in [6, 6.07) is 41.2. The maximum Gasteiger partial charge on any atom is 0.0619 e. The van der Waals surface area contributed by atoms with Gasteiger partial charge in [-0.3, -0.25) is 0 Å².